The molecule has 1 aliphatic carbocycles. The van der Waals surface area contributed by atoms with Crippen LogP contribution in [0.3, 0.4) is 0 Å². The van der Waals surface area contributed by atoms with Gasteiger partial charge in [-0.3, -0.25) is 4.90 Å². The zero-order valence-corrected chi connectivity index (χ0v) is 13.7. The first kappa shape index (κ1) is 15.8. The van der Waals surface area contributed by atoms with Crippen molar-refractivity contribution in [1.29, 1.82) is 0 Å². The van der Waals surface area contributed by atoms with Gasteiger partial charge in [-0.25, -0.2) is 0 Å². The van der Waals surface area contributed by atoms with Crippen LogP contribution in [0.25, 0.3) is 0 Å². The quantitative estimate of drug-likeness (QED) is 0.903. The first-order valence-corrected chi connectivity index (χ1v) is 8.10. The largest absolute Gasteiger partial charge is 0.329 e. The number of likely N-dealkylation sites (N-methyl/N-ethyl adjacent to an activating group) is 1. The molecule has 0 saturated heterocycles. The van der Waals surface area contributed by atoms with Crippen LogP contribution in [0.1, 0.15) is 49.8 Å². The summed E-state index contributed by atoms with van der Waals surface area (Å²) in [6.45, 7) is 5.05. The predicted molar refractivity (Wildman–Crippen MR) is 87.2 cm³/mol. The molecule has 1 saturated carbocycles. The molecule has 20 heavy (non-hydrogen) atoms. The maximum Gasteiger partial charge on any atom is 0.0470 e. The molecular weight excluding hydrogens is 268 g/mol. The maximum absolute atomic E-state index is 6.27. The molecule has 1 aromatic carbocycles. The molecule has 2 rings (SSSR count). The third-order valence-electron chi connectivity index (χ3n) is 4.88. The maximum atomic E-state index is 6.27. The molecule has 1 aromatic rings. The Bertz CT molecular complexity index is 447. The highest BCUT2D eigenvalue weighted by atomic mass is 35.5. The monoisotopic (exact) mass is 294 g/mol. The summed E-state index contributed by atoms with van der Waals surface area (Å²) >= 11 is 6.27. The number of nitrogens with two attached hydrogens (primary N) is 1. The highest BCUT2D eigenvalue weighted by Gasteiger charge is 2.29. The Morgan fingerprint density at radius 2 is 2.05 bits per heavy atom. The minimum absolute atomic E-state index is 0.263. The van der Waals surface area contributed by atoms with Crippen molar-refractivity contribution in [2.75, 3.05) is 13.6 Å². The fourth-order valence-corrected chi connectivity index (χ4v) is 3.68. The molecule has 2 N–H and O–H groups in total. The van der Waals surface area contributed by atoms with E-state index in [1.54, 1.807) is 0 Å². The molecule has 0 bridgehead atoms. The van der Waals surface area contributed by atoms with Gasteiger partial charge in [-0.2, -0.15) is 0 Å². The first-order valence-electron chi connectivity index (χ1n) is 7.72. The van der Waals surface area contributed by atoms with Crippen LogP contribution in [0.15, 0.2) is 18.2 Å². The lowest BCUT2D eigenvalue weighted by Crippen LogP contribution is -2.43. The predicted octanol–water partition coefficient (Wildman–Crippen LogP) is 4.16. The molecule has 3 atom stereocenters. The number of benzene rings is 1. The summed E-state index contributed by atoms with van der Waals surface area (Å²) in [6.07, 6.45) is 5.33. The molecule has 1 fully saturated rings. The van der Waals surface area contributed by atoms with Gasteiger partial charge in [-0.1, -0.05) is 43.5 Å². The van der Waals surface area contributed by atoms with Gasteiger partial charge in [0.2, 0.25) is 0 Å². The molecule has 0 radical (unpaired) electrons. The summed E-state index contributed by atoms with van der Waals surface area (Å²) in [5, 5.41) is 0.839. The molecule has 3 heteroatoms. The Labute approximate surface area is 128 Å². The zero-order valence-electron chi connectivity index (χ0n) is 12.9. The first-order chi connectivity index (χ1) is 9.54. The minimum Gasteiger partial charge on any atom is -0.329 e. The Morgan fingerprint density at radius 1 is 1.35 bits per heavy atom. The summed E-state index contributed by atoms with van der Waals surface area (Å²) in [5.41, 5.74) is 8.43. The minimum atomic E-state index is 0.263. The highest BCUT2D eigenvalue weighted by Crippen LogP contribution is 2.33. The smallest absolute Gasteiger partial charge is 0.0470 e. The van der Waals surface area contributed by atoms with Crippen molar-refractivity contribution < 1.29 is 0 Å². The van der Waals surface area contributed by atoms with Crippen LogP contribution in [0.2, 0.25) is 5.02 Å². The Balaban J connectivity index is 2.19. The molecule has 0 spiro atoms. The zero-order chi connectivity index (χ0) is 14.7. The summed E-state index contributed by atoms with van der Waals surface area (Å²) in [7, 11) is 2.22. The standard InChI is InChI=1S/C17H27ClN2/c1-12-8-9-14(10-15(12)18)17(11-19)20(3)16-7-5-4-6-13(16)2/h8-10,13,16-17H,4-7,11,19H2,1-3H3. The topological polar surface area (TPSA) is 29.3 Å². The number of nitrogens with zero attached hydrogens (tertiary/aromatic N) is 1. The van der Waals surface area contributed by atoms with E-state index in [1.165, 1.54) is 31.2 Å². The molecule has 0 amide bonds. The van der Waals surface area contributed by atoms with E-state index in [0.717, 1.165) is 16.5 Å². The average molecular weight is 295 g/mol. The summed E-state index contributed by atoms with van der Waals surface area (Å²) in [5.74, 6) is 0.753. The molecule has 1 aliphatic rings. The third-order valence-corrected chi connectivity index (χ3v) is 5.29. The van der Waals surface area contributed by atoms with E-state index in [-0.39, 0.29) is 6.04 Å². The van der Waals surface area contributed by atoms with E-state index in [4.69, 9.17) is 17.3 Å². The van der Waals surface area contributed by atoms with Crippen molar-refractivity contribution in [3.05, 3.63) is 34.3 Å². The molecule has 2 nitrogen and oxygen atoms in total. The molecule has 0 aromatic heterocycles. The lowest BCUT2D eigenvalue weighted by atomic mass is 9.84. The van der Waals surface area contributed by atoms with Gasteiger partial charge < -0.3 is 5.73 Å². The Morgan fingerprint density at radius 3 is 2.65 bits per heavy atom. The van der Waals surface area contributed by atoms with Crippen LogP contribution in [0.5, 0.6) is 0 Å². The van der Waals surface area contributed by atoms with Gasteiger partial charge in [-0.15, -0.1) is 0 Å². The number of aryl methyl sites for hydroxylation is 1. The van der Waals surface area contributed by atoms with E-state index < -0.39 is 0 Å². The molecule has 112 valence electrons. The summed E-state index contributed by atoms with van der Waals surface area (Å²) in [4.78, 5) is 2.48. The molecule has 0 aliphatic heterocycles. The van der Waals surface area contributed by atoms with E-state index in [1.807, 2.05) is 6.92 Å². The fraction of sp³-hybridized carbons (Fsp3) is 0.647. The lowest BCUT2D eigenvalue weighted by Gasteiger charge is -2.40. The van der Waals surface area contributed by atoms with Gasteiger partial charge in [-0.05, 0) is 49.9 Å². The van der Waals surface area contributed by atoms with Crippen LogP contribution >= 0.6 is 11.6 Å². The SMILES string of the molecule is Cc1ccc(C(CN)N(C)C2CCCCC2C)cc1Cl. The number of hydrogen-bond acceptors (Lipinski definition) is 2. The Kier molecular flexibility index (Phi) is 5.48. The normalized spacial score (nSPS) is 24.9. The van der Waals surface area contributed by atoms with Crippen molar-refractivity contribution in [3.63, 3.8) is 0 Å². The van der Waals surface area contributed by atoms with Gasteiger partial charge in [0.25, 0.3) is 0 Å². The summed E-state index contributed by atoms with van der Waals surface area (Å²) in [6, 6.07) is 7.25. The second kappa shape index (κ2) is 6.93. The van der Waals surface area contributed by atoms with Crippen molar-refractivity contribution in [2.24, 2.45) is 11.7 Å². The van der Waals surface area contributed by atoms with Gasteiger partial charge >= 0.3 is 0 Å². The van der Waals surface area contributed by atoms with Gasteiger partial charge in [0.05, 0.1) is 0 Å². The highest BCUT2D eigenvalue weighted by molar-refractivity contribution is 6.31. The number of halogens is 1. The van der Waals surface area contributed by atoms with Crippen molar-refractivity contribution in [3.8, 4) is 0 Å². The van der Waals surface area contributed by atoms with Gasteiger partial charge in [0.15, 0.2) is 0 Å². The van der Waals surface area contributed by atoms with Gasteiger partial charge in [0.1, 0.15) is 0 Å². The van der Waals surface area contributed by atoms with Crippen LogP contribution in [-0.4, -0.2) is 24.5 Å². The van der Waals surface area contributed by atoms with Crippen molar-refractivity contribution in [1.82, 2.24) is 4.90 Å². The van der Waals surface area contributed by atoms with E-state index in [0.29, 0.717) is 12.6 Å². The molecule has 0 heterocycles. The molecular formula is C17H27ClN2. The van der Waals surface area contributed by atoms with E-state index >= 15 is 0 Å². The number of rotatable bonds is 4. The van der Waals surface area contributed by atoms with Crippen molar-refractivity contribution in [2.45, 2.75) is 51.6 Å². The fourth-order valence-electron chi connectivity index (χ4n) is 3.49. The third kappa shape index (κ3) is 3.36. The van der Waals surface area contributed by atoms with E-state index in [2.05, 4.69) is 37.1 Å². The second-order valence-corrected chi connectivity index (χ2v) is 6.66. The molecule has 3 unspecified atom stereocenters. The summed E-state index contributed by atoms with van der Waals surface area (Å²) < 4.78 is 0. The number of hydrogen-bond donors (Lipinski definition) is 1. The van der Waals surface area contributed by atoms with Gasteiger partial charge in [0, 0.05) is 23.7 Å². The van der Waals surface area contributed by atoms with Crippen molar-refractivity contribution >= 4 is 11.6 Å². The van der Waals surface area contributed by atoms with Crippen LogP contribution < -0.4 is 5.73 Å². The van der Waals surface area contributed by atoms with Crippen LogP contribution in [0, 0.1) is 12.8 Å². The average Bonchev–Trinajstić information content (AvgIpc) is 2.44. The Hall–Kier alpha value is -0.570. The van der Waals surface area contributed by atoms with Crippen LogP contribution in [0.4, 0.5) is 0 Å². The second-order valence-electron chi connectivity index (χ2n) is 6.25. The van der Waals surface area contributed by atoms with E-state index in [9.17, 15) is 0 Å². The van der Waals surface area contributed by atoms with Crippen LogP contribution in [-0.2, 0) is 0 Å². The lowest BCUT2D eigenvalue weighted by molar-refractivity contribution is 0.0992.